The number of hydrogen-bond donors (Lipinski definition) is 3. The first-order valence-electron chi connectivity index (χ1n) is 10.2. The van der Waals surface area contributed by atoms with Gasteiger partial charge in [0.15, 0.2) is 6.10 Å². The van der Waals surface area contributed by atoms with Crippen molar-refractivity contribution in [3.63, 3.8) is 0 Å². The van der Waals surface area contributed by atoms with E-state index in [4.69, 9.17) is 4.74 Å². The molecule has 0 aromatic heterocycles. The van der Waals surface area contributed by atoms with Crippen molar-refractivity contribution in [1.82, 2.24) is 5.32 Å². The van der Waals surface area contributed by atoms with Gasteiger partial charge < -0.3 is 20.7 Å². The summed E-state index contributed by atoms with van der Waals surface area (Å²) in [6, 6.07) is 23.1. The molecule has 0 heterocycles. The molecule has 7 nitrogen and oxygen atoms in total. The van der Waals surface area contributed by atoms with E-state index in [0.717, 1.165) is 5.56 Å². The van der Waals surface area contributed by atoms with Gasteiger partial charge in [0.2, 0.25) is 5.91 Å². The molecule has 0 bridgehead atoms. The number of rotatable bonds is 8. The summed E-state index contributed by atoms with van der Waals surface area (Å²) in [5.74, 6) is -0.501. The van der Waals surface area contributed by atoms with Gasteiger partial charge in [0.25, 0.3) is 11.8 Å². The summed E-state index contributed by atoms with van der Waals surface area (Å²) in [6.45, 7) is 3.42. The summed E-state index contributed by atoms with van der Waals surface area (Å²) in [7, 11) is 0. The fraction of sp³-hybridized carbons (Fsp3) is 0.160. The molecule has 0 saturated heterocycles. The van der Waals surface area contributed by atoms with Gasteiger partial charge >= 0.3 is 0 Å². The zero-order chi connectivity index (χ0) is 22.9. The average molecular weight is 431 g/mol. The highest BCUT2D eigenvalue weighted by atomic mass is 16.5. The molecule has 3 aromatic rings. The first-order chi connectivity index (χ1) is 15.4. The highest BCUT2D eigenvalue weighted by Gasteiger charge is 2.19. The van der Waals surface area contributed by atoms with Gasteiger partial charge in [-0.25, -0.2) is 0 Å². The van der Waals surface area contributed by atoms with Crippen LogP contribution < -0.4 is 20.7 Å². The molecule has 1 atom stereocenters. The molecule has 7 heteroatoms. The van der Waals surface area contributed by atoms with Crippen molar-refractivity contribution in [2.75, 3.05) is 10.6 Å². The quantitative estimate of drug-likeness (QED) is 0.503. The van der Waals surface area contributed by atoms with Gasteiger partial charge in [-0.15, -0.1) is 0 Å². The molecular weight excluding hydrogens is 406 g/mol. The van der Waals surface area contributed by atoms with Crippen molar-refractivity contribution in [2.45, 2.75) is 26.5 Å². The van der Waals surface area contributed by atoms with Crippen LogP contribution in [0.4, 0.5) is 11.4 Å². The number of nitrogens with one attached hydrogen (secondary N) is 3. The Balaban J connectivity index is 1.60. The number of amides is 3. The molecule has 0 aliphatic rings. The number of carbonyl (C=O) groups excluding carboxylic acids is 3. The maximum absolute atomic E-state index is 12.7. The fourth-order valence-electron chi connectivity index (χ4n) is 2.96. The molecule has 32 heavy (non-hydrogen) atoms. The second-order valence-corrected chi connectivity index (χ2v) is 7.17. The first kappa shape index (κ1) is 22.6. The van der Waals surface area contributed by atoms with Crippen molar-refractivity contribution in [3.8, 4) is 5.75 Å². The largest absolute Gasteiger partial charge is 0.480 e. The van der Waals surface area contributed by atoms with Crippen molar-refractivity contribution in [3.05, 3.63) is 90.0 Å². The molecule has 0 spiro atoms. The third-order valence-corrected chi connectivity index (χ3v) is 4.57. The predicted molar refractivity (Wildman–Crippen MR) is 124 cm³/mol. The van der Waals surface area contributed by atoms with E-state index in [1.54, 1.807) is 55.5 Å². The van der Waals surface area contributed by atoms with Gasteiger partial charge in [0, 0.05) is 24.8 Å². The van der Waals surface area contributed by atoms with Crippen LogP contribution >= 0.6 is 0 Å². The van der Waals surface area contributed by atoms with Gasteiger partial charge in [0.05, 0.1) is 5.56 Å². The second kappa shape index (κ2) is 10.8. The smallest absolute Gasteiger partial charge is 0.265 e. The van der Waals surface area contributed by atoms with Crippen LogP contribution in [0, 0.1) is 0 Å². The monoisotopic (exact) mass is 431 g/mol. The van der Waals surface area contributed by atoms with E-state index >= 15 is 0 Å². The summed E-state index contributed by atoms with van der Waals surface area (Å²) >= 11 is 0. The topological polar surface area (TPSA) is 96.5 Å². The van der Waals surface area contributed by atoms with E-state index in [9.17, 15) is 14.4 Å². The number of anilines is 2. The Morgan fingerprint density at radius 1 is 0.812 bits per heavy atom. The normalized spacial score (nSPS) is 11.2. The van der Waals surface area contributed by atoms with Gasteiger partial charge in [-0.2, -0.15) is 0 Å². The van der Waals surface area contributed by atoms with Crippen LogP contribution in [0.1, 0.15) is 29.8 Å². The molecule has 164 valence electrons. The van der Waals surface area contributed by atoms with Gasteiger partial charge in [0.1, 0.15) is 5.75 Å². The number of ether oxygens (including phenoxy) is 1. The molecule has 0 fully saturated rings. The van der Waals surface area contributed by atoms with Crippen molar-refractivity contribution < 1.29 is 19.1 Å². The van der Waals surface area contributed by atoms with Crippen LogP contribution in [0.5, 0.6) is 5.75 Å². The fourth-order valence-corrected chi connectivity index (χ4v) is 2.96. The maximum Gasteiger partial charge on any atom is 0.265 e. The first-order valence-corrected chi connectivity index (χ1v) is 10.2. The number of para-hydroxylation sites is 1. The van der Waals surface area contributed by atoms with Crippen molar-refractivity contribution in [1.29, 1.82) is 0 Å². The Morgan fingerprint density at radius 2 is 1.41 bits per heavy atom. The molecule has 0 saturated carbocycles. The summed E-state index contributed by atoms with van der Waals surface area (Å²) in [5.41, 5.74) is 2.53. The Bertz CT molecular complexity index is 1080. The highest BCUT2D eigenvalue weighted by molar-refractivity contribution is 5.98. The van der Waals surface area contributed by atoms with Crippen molar-refractivity contribution >= 4 is 29.1 Å². The molecule has 3 aromatic carbocycles. The lowest BCUT2D eigenvalue weighted by atomic mass is 10.1. The molecular formula is C25H25N3O4. The third-order valence-electron chi connectivity index (χ3n) is 4.57. The van der Waals surface area contributed by atoms with Gasteiger partial charge in [-0.3, -0.25) is 14.4 Å². The zero-order valence-electron chi connectivity index (χ0n) is 17.9. The van der Waals surface area contributed by atoms with Gasteiger partial charge in [-0.05, 0) is 48.9 Å². The lowest BCUT2D eigenvalue weighted by Crippen LogP contribution is -2.31. The van der Waals surface area contributed by atoms with Crippen LogP contribution in [0.2, 0.25) is 0 Å². The zero-order valence-corrected chi connectivity index (χ0v) is 17.9. The van der Waals surface area contributed by atoms with Crippen LogP contribution in [0.25, 0.3) is 0 Å². The van der Waals surface area contributed by atoms with Crippen LogP contribution in [0.3, 0.4) is 0 Å². The Morgan fingerprint density at radius 3 is 2.06 bits per heavy atom. The second-order valence-electron chi connectivity index (χ2n) is 7.17. The predicted octanol–water partition coefficient (Wildman–Crippen LogP) is 3.98. The Kier molecular flexibility index (Phi) is 7.59. The highest BCUT2D eigenvalue weighted by Crippen LogP contribution is 2.20. The van der Waals surface area contributed by atoms with Crippen LogP contribution in [-0.4, -0.2) is 23.8 Å². The lowest BCUT2D eigenvalue weighted by molar-refractivity contribution is -0.122. The lowest BCUT2D eigenvalue weighted by Gasteiger charge is -2.17. The SMILES string of the molecule is CC(=O)Nc1ccc(NC(=O)C(C)Oc2ccccc2C(=O)NCc2ccccc2)cc1. The van der Waals surface area contributed by atoms with E-state index in [1.807, 2.05) is 30.3 Å². The molecule has 3 N–H and O–H groups in total. The Labute approximate surface area is 186 Å². The van der Waals surface area contributed by atoms with E-state index in [-0.39, 0.29) is 17.7 Å². The molecule has 0 aliphatic carbocycles. The van der Waals surface area contributed by atoms with E-state index in [1.165, 1.54) is 6.92 Å². The molecule has 1 unspecified atom stereocenters. The minimum absolute atomic E-state index is 0.171. The van der Waals surface area contributed by atoms with Crippen LogP contribution in [-0.2, 0) is 16.1 Å². The summed E-state index contributed by atoms with van der Waals surface area (Å²) in [6.07, 6.45) is -0.840. The maximum atomic E-state index is 12.7. The third kappa shape index (κ3) is 6.43. The summed E-state index contributed by atoms with van der Waals surface area (Å²) < 4.78 is 5.80. The molecule has 3 amide bonds. The number of hydrogen-bond acceptors (Lipinski definition) is 4. The molecule has 0 radical (unpaired) electrons. The number of benzene rings is 3. The minimum Gasteiger partial charge on any atom is -0.480 e. The Hall–Kier alpha value is -4.13. The average Bonchev–Trinajstić information content (AvgIpc) is 2.79. The standard InChI is InChI=1S/C25H25N3O4/c1-17(24(30)28-21-14-12-20(13-15-21)27-18(2)29)32-23-11-7-6-10-22(23)25(31)26-16-19-8-4-3-5-9-19/h3-15,17H,16H2,1-2H3,(H,26,31)(H,27,29)(H,28,30). The minimum atomic E-state index is -0.840. The molecule has 0 aliphatic heterocycles. The van der Waals surface area contributed by atoms with Crippen molar-refractivity contribution in [2.24, 2.45) is 0 Å². The van der Waals surface area contributed by atoms with E-state index in [2.05, 4.69) is 16.0 Å². The van der Waals surface area contributed by atoms with E-state index < -0.39 is 6.10 Å². The number of carbonyl (C=O) groups is 3. The van der Waals surface area contributed by atoms with Gasteiger partial charge in [-0.1, -0.05) is 42.5 Å². The van der Waals surface area contributed by atoms with Crippen LogP contribution in [0.15, 0.2) is 78.9 Å². The summed E-state index contributed by atoms with van der Waals surface area (Å²) in [4.78, 5) is 36.3. The summed E-state index contributed by atoms with van der Waals surface area (Å²) in [5, 5.41) is 8.29. The van der Waals surface area contributed by atoms with E-state index in [0.29, 0.717) is 29.2 Å². The molecule has 3 rings (SSSR count).